The molecule has 18 heavy (non-hydrogen) atoms. The Kier molecular flexibility index (Phi) is 3.49. The topological polar surface area (TPSA) is 62.3 Å². The highest BCUT2D eigenvalue weighted by Gasteiger charge is 2.39. The SMILES string of the molecule is O=NCc1c(C(F)(F)F)cc(C(F)(F)F)[nH]c1=O. The lowest BCUT2D eigenvalue weighted by Gasteiger charge is -2.13. The van der Waals surface area contributed by atoms with Crippen molar-refractivity contribution in [2.75, 3.05) is 0 Å². The molecule has 0 saturated carbocycles. The number of hydrogen-bond acceptors (Lipinski definition) is 3. The molecule has 4 nitrogen and oxygen atoms in total. The molecule has 1 heterocycles. The number of pyridine rings is 1. The van der Waals surface area contributed by atoms with Crippen LogP contribution in [-0.2, 0) is 18.9 Å². The van der Waals surface area contributed by atoms with Crippen LogP contribution in [0.2, 0.25) is 0 Å². The molecule has 1 aromatic heterocycles. The van der Waals surface area contributed by atoms with E-state index < -0.39 is 41.3 Å². The molecule has 0 bridgehead atoms. The zero-order valence-electron chi connectivity index (χ0n) is 8.32. The van der Waals surface area contributed by atoms with E-state index >= 15 is 0 Å². The summed E-state index contributed by atoms with van der Waals surface area (Å²) in [5.74, 6) is 0. The molecule has 0 fully saturated rings. The van der Waals surface area contributed by atoms with Crippen LogP contribution in [0.4, 0.5) is 26.3 Å². The van der Waals surface area contributed by atoms with E-state index in [1.165, 1.54) is 4.98 Å². The van der Waals surface area contributed by atoms with Gasteiger partial charge in [-0.15, -0.1) is 0 Å². The highest BCUT2D eigenvalue weighted by atomic mass is 19.4. The Bertz CT molecular complexity index is 516. The Hall–Kier alpha value is -1.87. The molecule has 0 aliphatic carbocycles. The third-order valence-corrected chi connectivity index (χ3v) is 1.97. The molecule has 1 N–H and O–H groups in total. The average molecular weight is 274 g/mol. The van der Waals surface area contributed by atoms with Gasteiger partial charge in [0, 0.05) is 0 Å². The lowest BCUT2D eigenvalue weighted by atomic mass is 10.1. The summed E-state index contributed by atoms with van der Waals surface area (Å²) in [5.41, 5.74) is -6.45. The van der Waals surface area contributed by atoms with Crippen molar-refractivity contribution in [1.29, 1.82) is 0 Å². The molecule has 0 atom stereocenters. The van der Waals surface area contributed by atoms with E-state index in [0.717, 1.165) is 0 Å². The first-order chi connectivity index (χ1) is 8.07. The van der Waals surface area contributed by atoms with Gasteiger partial charge in [0.15, 0.2) is 0 Å². The lowest BCUT2D eigenvalue weighted by Crippen LogP contribution is -2.25. The van der Waals surface area contributed by atoms with Crippen LogP contribution in [0.3, 0.4) is 0 Å². The van der Waals surface area contributed by atoms with Crippen LogP contribution in [0.15, 0.2) is 16.0 Å². The smallest absolute Gasteiger partial charge is 0.318 e. The first-order valence-electron chi connectivity index (χ1n) is 4.27. The standard InChI is InChI=1S/C8H4F6N2O2/c9-7(10,11)4-1-5(8(12,13)14)16-6(17)3(4)2-15-18/h1H,2H2,(H,16,17). The summed E-state index contributed by atoms with van der Waals surface area (Å²) in [7, 11) is 0. The van der Waals surface area contributed by atoms with Gasteiger partial charge in [0.25, 0.3) is 5.56 Å². The summed E-state index contributed by atoms with van der Waals surface area (Å²) < 4.78 is 74.1. The lowest BCUT2D eigenvalue weighted by molar-refractivity contribution is -0.146. The molecule has 0 aromatic carbocycles. The minimum absolute atomic E-state index is 0.262. The van der Waals surface area contributed by atoms with Crippen molar-refractivity contribution in [2.45, 2.75) is 18.9 Å². The van der Waals surface area contributed by atoms with Crippen LogP contribution in [0.5, 0.6) is 0 Å². The van der Waals surface area contributed by atoms with Crippen LogP contribution in [0.1, 0.15) is 16.8 Å². The summed E-state index contributed by atoms with van der Waals surface area (Å²) in [6, 6.07) is -0.262. The third-order valence-electron chi connectivity index (χ3n) is 1.97. The number of alkyl halides is 6. The van der Waals surface area contributed by atoms with Crippen LogP contribution in [-0.4, -0.2) is 4.98 Å². The molecule has 0 aliphatic rings. The van der Waals surface area contributed by atoms with Gasteiger partial charge < -0.3 is 4.98 Å². The van der Waals surface area contributed by atoms with Gasteiger partial charge in [-0.3, -0.25) is 4.79 Å². The number of nitrogens with one attached hydrogen (secondary N) is 1. The average Bonchev–Trinajstić information content (AvgIpc) is 2.17. The molecular formula is C8H4F6N2O2. The van der Waals surface area contributed by atoms with Gasteiger partial charge >= 0.3 is 12.4 Å². The van der Waals surface area contributed by atoms with Gasteiger partial charge in [-0.05, 0) is 6.07 Å². The van der Waals surface area contributed by atoms with E-state index in [4.69, 9.17) is 0 Å². The van der Waals surface area contributed by atoms with Crippen molar-refractivity contribution in [1.82, 2.24) is 4.98 Å². The summed E-state index contributed by atoms with van der Waals surface area (Å²) in [4.78, 5) is 22.2. The number of aromatic nitrogens is 1. The summed E-state index contributed by atoms with van der Waals surface area (Å²) in [6.45, 7) is -1.16. The number of H-pyrrole nitrogens is 1. The Balaban J connectivity index is 3.58. The van der Waals surface area contributed by atoms with Gasteiger partial charge in [-0.2, -0.15) is 31.2 Å². The summed E-state index contributed by atoms with van der Waals surface area (Å²) in [6.07, 6.45) is -10.3. The van der Waals surface area contributed by atoms with Crippen molar-refractivity contribution < 1.29 is 26.3 Å². The largest absolute Gasteiger partial charge is 0.431 e. The minimum Gasteiger partial charge on any atom is -0.318 e. The normalized spacial score (nSPS) is 12.6. The van der Waals surface area contributed by atoms with Crippen molar-refractivity contribution in [3.8, 4) is 0 Å². The second-order valence-electron chi connectivity index (χ2n) is 3.19. The predicted octanol–water partition coefficient (Wildman–Crippen LogP) is 2.68. The molecule has 100 valence electrons. The molecule has 0 amide bonds. The molecule has 0 unspecified atom stereocenters. The fourth-order valence-corrected chi connectivity index (χ4v) is 1.21. The Morgan fingerprint density at radius 1 is 1.11 bits per heavy atom. The van der Waals surface area contributed by atoms with Crippen molar-refractivity contribution in [3.05, 3.63) is 38.1 Å². The van der Waals surface area contributed by atoms with E-state index in [0.29, 0.717) is 0 Å². The first-order valence-corrected chi connectivity index (χ1v) is 4.27. The number of aromatic amines is 1. The fourth-order valence-electron chi connectivity index (χ4n) is 1.21. The highest BCUT2D eigenvalue weighted by molar-refractivity contribution is 5.30. The Labute approximate surface area is 94.6 Å². The van der Waals surface area contributed by atoms with E-state index in [-0.39, 0.29) is 6.07 Å². The van der Waals surface area contributed by atoms with E-state index in [2.05, 4.69) is 5.18 Å². The van der Waals surface area contributed by atoms with Gasteiger partial charge in [0.2, 0.25) is 0 Å². The number of nitroso groups, excluding NO2 is 1. The summed E-state index contributed by atoms with van der Waals surface area (Å²) in [5, 5.41) is 2.08. The second-order valence-corrected chi connectivity index (χ2v) is 3.19. The maximum atomic E-state index is 12.5. The number of rotatable bonds is 2. The quantitative estimate of drug-likeness (QED) is 0.665. The minimum atomic E-state index is -5.19. The molecule has 0 radical (unpaired) electrons. The maximum Gasteiger partial charge on any atom is 0.431 e. The van der Waals surface area contributed by atoms with E-state index in [1.54, 1.807) is 0 Å². The van der Waals surface area contributed by atoms with Gasteiger partial charge in [0.05, 0.1) is 11.1 Å². The molecule has 10 heteroatoms. The van der Waals surface area contributed by atoms with Crippen molar-refractivity contribution in [3.63, 3.8) is 0 Å². The van der Waals surface area contributed by atoms with Gasteiger partial charge in [-0.1, -0.05) is 5.18 Å². The molecule has 0 spiro atoms. The maximum absolute atomic E-state index is 12.5. The zero-order chi connectivity index (χ0) is 14.1. The number of nitrogens with zero attached hydrogens (tertiary/aromatic N) is 1. The fraction of sp³-hybridized carbons (Fsp3) is 0.375. The Morgan fingerprint density at radius 3 is 2.06 bits per heavy atom. The van der Waals surface area contributed by atoms with Gasteiger partial charge in [-0.25, -0.2) is 0 Å². The van der Waals surface area contributed by atoms with Crippen LogP contribution >= 0.6 is 0 Å². The van der Waals surface area contributed by atoms with Crippen LogP contribution < -0.4 is 5.56 Å². The Morgan fingerprint density at radius 2 is 1.67 bits per heavy atom. The number of hydrogen-bond donors (Lipinski definition) is 1. The van der Waals surface area contributed by atoms with Crippen LogP contribution in [0, 0.1) is 4.91 Å². The predicted molar refractivity (Wildman–Crippen MR) is 46.6 cm³/mol. The third kappa shape index (κ3) is 2.87. The van der Waals surface area contributed by atoms with E-state index in [1.807, 2.05) is 0 Å². The van der Waals surface area contributed by atoms with Crippen molar-refractivity contribution in [2.24, 2.45) is 5.18 Å². The monoisotopic (exact) mass is 274 g/mol. The molecular weight excluding hydrogens is 270 g/mol. The summed E-state index contributed by atoms with van der Waals surface area (Å²) >= 11 is 0. The first kappa shape index (κ1) is 14.2. The highest BCUT2D eigenvalue weighted by Crippen LogP contribution is 2.35. The molecule has 0 saturated heterocycles. The second kappa shape index (κ2) is 4.42. The molecule has 1 rings (SSSR count). The molecule has 1 aromatic rings. The number of halogens is 6. The van der Waals surface area contributed by atoms with Crippen LogP contribution in [0.25, 0.3) is 0 Å². The zero-order valence-corrected chi connectivity index (χ0v) is 8.32. The van der Waals surface area contributed by atoms with Gasteiger partial charge in [0.1, 0.15) is 12.2 Å². The molecule has 0 aliphatic heterocycles. The van der Waals surface area contributed by atoms with E-state index in [9.17, 15) is 36.0 Å². The van der Waals surface area contributed by atoms with Crippen molar-refractivity contribution >= 4 is 0 Å².